The van der Waals surface area contributed by atoms with Crippen molar-refractivity contribution in [2.75, 3.05) is 7.11 Å². The molecule has 3 heteroatoms. The molecule has 1 saturated carbocycles. The molecule has 1 aliphatic carbocycles. The third-order valence-electron chi connectivity index (χ3n) is 6.16. The number of rotatable bonds is 7. The summed E-state index contributed by atoms with van der Waals surface area (Å²) in [5, 5.41) is 7.76. The van der Waals surface area contributed by atoms with Gasteiger partial charge in [-0.15, -0.1) is 0 Å². The molecule has 1 heterocycles. The molecule has 0 bridgehead atoms. The molecular formula is C25H30N2O. The lowest BCUT2D eigenvalue weighted by Crippen LogP contribution is -2.14. The number of hydrogen-bond acceptors (Lipinski definition) is 2. The smallest absolute Gasteiger partial charge is 0.118 e. The molecule has 3 nitrogen and oxygen atoms in total. The van der Waals surface area contributed by atoms with E-state index in [0.29, 0.717) is 0 Å². The van der Waals surface area contributed by atoms with E-state index in [9.17, 15) is 0 Å². The monoisotopic (exact) mass is 374 g/mol. The Morgan fingerprint density at radius 2 is 1.71 bits per heavy atom. The van der Waals surface area contributed by atoms with Gasteiger partial charge < -0.3 is 4.74 Å². The van der Waals surface area contributed by atoms with E-state index in [4.69, 9.17) is 4.74 Å². The number of methoxy groups -OCH3 is 1. The third kappa shape index (κ3) is 4.83. The third-order valence-corrected chi connectivity index (χ3v) is 6.16. The fourth-order valence-corrected chi connectivity index (χ4v) is 4.45. The molecule has 4 rings (SSSR count). The average Bonchev–Trinajstić information content (AvgIpc) is 3.21. The maximum absolute atomic E-state index is 5.22. The normalized spacial score (nSPS) is 19.5. The summed E-state index contributed by atoms with van der Waals surface area (Å²) < 4.78 is 5.22. The van der Waals surface area contributed by atoms with Crippen molar-refractivity contribution in [2.45, 2.75) is 50.9 Å². The van der Waals surface area contributed by atoms with Gasteiger partial charge in [-0.2, -0.15) is 5.10 Å². The Balaban J connectivity index is 1.23. The van der Waals surface area contributed by atoms with E-state index < -0.39 is 0 Å². The van der Waals surface area contributed by atoms with Gasteiger partial charge in [0, 0.05) is 12.1 Å². The molecule has 1 N–H and O–H groups in total. The summed E-state index contributed by atoms with van der Waals surface area (Å²) in [5.74, 6) is 2.51. The minimum atomic E-state index is 0.763. The molecule has 3 aromatic rings. The lowest BCUT2D eigenvalue weighted by Gasteiger charge is -2.28. The summed E-state index contributed by atoms with van der Waals surface area (Å²) in [6.07, 6.45) is 8.59. The highest BCUT2D eigenvalue weighted by molar-refractivity contribution is 5.30. The molecular weight excluding hydrogens is 344 g/mol. The van der Waals surface area contributed by atoms with Crippen LogP contribution >= 0.6 is 0 Å². The number of H-pyrrole nitrogens is 1. The molecule has 1 fully saturated rings. The van der Waals surface area contributed by atoms with Crippen molar-refractivity contribution >= 4 is 0 Å². The molecule has 0 radical (unpaired) electrons. The van der Waals surface area contributed by atoms with Crippen LogP contribution in [0.5, 0.6) is 5.75 Å². The second-order valence-electron chi connectivity index (χ2n) is 8.08. The quantitative estimate of drug-likeness (QED) is 0.558. The molecule has 0 spiro atoms. The lowest BCUT2D eigenvalue weighted by molar-refractivity contribution is 0.310. The number of nitrogens with zero attached hydrogens (tertiary/aromatic N) is 1. The summed E-state index contributed by atoms with van der Waals surface area (Å²) in [7, 11) is 1.70. The zero-order valence-electron chi connectivity index (χ0n) is 16.7. The van der Waals surface area contributed by atoms with E-state index in [1.165, 1.54) is 54.6 Å². The molecule has 2 aromatic carbocycles. The first-order chi connectivity index (χ1) is 13.8. The highest BCUT2D eigenvalue weighted by Crippen LogP contribution is 2.37. The van der Waals surface area contributed by atoms with Crippen LogP contribution in [0.1, 0.15) is 60.5 Å². The van der Waals surface area contributed by atoms with E-state index in [1.54, 1.807) is 7.11 Å². The SMILES string of the molecule is COc1ccc(Cc2cc(CCC3CCC(c4ccccc4)CC3)n[nH]2)cc1. The summed E-state index contributed by atoms with van der Waals surface area (Å²) >= 11 is 0. The number of aromatic amines is 1. The maximum Gasteiger partial charge on any atom is 0.118 e. The highest BCUT2D eigenvalue weighted by atomic mass is 16.5. The first-order valence-corrected chi connectivity index (χ1v) is 10.5. The number of benzene rings is 2. The van der Waals surface area contributed by atoms with Crippen LogP contribution in [-0.4, -0.2) is 17.3 Å². The first kappa shape index (κ1) is 18.8. The zero-order valence-corrected chi connectivity index (χ0v) is 16.7. The van der Waals surface area contributed by atoms with Crippen LogP contribution in [0.4, 0.5) is 0 Å². The van der Waals surface area contributed by atoms with Gasteiger partial charge in [0.15, 0.2) is 0 Å². The molecule has 28 heavy (non-hydrogen) atoms. The predicted molar refractivity (Wildman–Crippen MR) is 114 cm³/mol. The molecule has 0 amide bonds. The Hall–Kier alpha value is -2.55. The number of ether oxygens (including phenoxy) is 1. The van der Waals surface area contributed by atoms with Crippen molar-refractivity contribution in [2.24, 2.45) is 5.92 Å². The van der Waals surface area contributed by atoms with Crippen LogP contribution in [0, 0.1) is 5.92 Å². The van der Waals surface area contributed by atoms with Crippen LogP contribution in [0.3, 0.4) is 0 Å². The van der Waals surface area contributed by atoms with Gasteiger partial charge in [-0.1, -0.05) is 42.5 Å². The summed E-state index contributed by atoms with van der Waals surface area (Å²) in [6, 6.07) is 21.5. The molecule has 1 aromatic heterocycles. The van der Waals surface area contributed by atoms with Gasteiger partial charge in [0.1, 0.15) is 5.75 Å². The fourth-order valence-electron chi connectivity index (χ4n) is 4.45. The van der Waals surface area contributed by atoms with Gasteiger partial charge in [0.2, 0.25) is 0 Å². The van der Waals surface area contributed by atoms with Crippen LogP contribution in [-0.2, 0) is 12.8 Å². The highest BCUT2D eigenvalue weighted by Gasteiger charge is 2.22. The number of nitrogens with one attached hydrogen (secondary N) is 1. The summed E-state index contributed by atoms with van der Waals surface area (Å²) in [6.45, 7) is 0. The number of aryl methyl sites for hydroxylation is 1. The van der Waals surface area contributed by atoms with Crippen molar-refractivity contribution in [3.8, 4) is 5.75 Å². The molecule has 0 saturated heterocycles. The molecule has 1 aliphatic rings. The van der Waals surface area contributed by atoms with Crippen molar-refractivity contribution in [3.05, 3.63) is 83.2 Å². The molecule has 0 atom stereocenters. The van der Waals surface area contributed by atoms with Gasteiger partial charge in [-0.25, -0.2) is 0 Å². The van der Waals surface area contributed by atoms with Crippen LogP contribution in [0.15, 0.2) is 60.7 Å². The Morgan fingerprint density at radius 1 is 0.964 bits per heavy atom. The van der Waals surface area contributed by atoms with Crippen LogP contribution in [0.25, 0.3) is 0 Å². The second-order valence-corrected chi connectivity index (χ2v) is 8.08. The Morgan fingerprint density at radius 3 is 2.43 bits per heavy atom. The Labute approximate surface area is 168 Å². The largest absolute Gasteiger partial charge is 0.497 e. The minimum absolute atomic E-state index is 0.763. The van der Waals surface area contributed by atoms with Crippen molar-refractivity contribution in [1.29, 1.82) is 0 Å². The fraction of sp³-hybridized carbons (Fsp3) is 0.400. The van der Waals surface area contributed by atoms with E-state index in [-0.39, 0.29) is 0 Å². The molecule has 146 valence electrons. The second kappa shape index (κ2) is 9.09. The van der Waals surface area contributed by atoms with Crippen molar-refractivity contribution in [3.63, 3.8) is 0 Å². The van der Waals surface area contributed by atoms with E-state index in [1.807, 2.05) is 12.1 Å². The lowest BCUT2D eigenvalue weighted by atomic mass is 9.77. The molecule has 0 aliphatic heterocycles. The first-order valence-electron chi connectivity index (χ1n) is 10.5. The van der Waals surface area contributed by atoms with Gasteiger partial charge in [-0.3, -0.25) is 5.10 Å². The number of hydrogen-bond donors (Lipinski definition) is 1. The van der Waals surface area contributed by atoms with Crippen molar-refractivity contribution < 1.29 is 4.74 Å². The van der Waals surface area contributed by atoms with E-state index in [2.05, 4.69) is 58.7 Å². The van der Waals surface area contributed by atoms with Crippen LogP contribution in [0.2, 0.25) is 0 Å². The summed E-state index contributed by atoms with van der Waals surface area (Å²) in [4.78, 5) is 0. The van der Waals surface area contributed by atoms with Gasteiger partial charge in [0.05, 0.1) is 12.8 Å². The summed E-state index contributed by atoms with van der Waals surface area (Å²) in [5.41, 5.74) is 5.19. The van der Waals surface area contributed by atoms with Gasteiger partial charge in [-0.05, 0) is 79.7 Å². The van der Waals surface area contributed by atoms with Gasteiger partial charge >= 0.3 is 0 Å². The topological polar surface area (TPSA) is 37.9 Å². The van der Waals surface area contributed by atoms with E-state index >= 15 is 0 Å². The predicted octanol–water partition coefficient (Wildman–Crippen LogP) is 5.92. The average molecular weight is 375 g/mol. The maximum atomic E-state index is 5.22. The molecule has 0 unspecified atom stereocenters. The van der Waals surface area contributed by atoms with Crippen LogP contribution < -0.4 is 4.74 Å². The van der Waals surface area contributed by atoms with E-state index in [0.717, 1.165) is 30.4 Å². The zero-order chi connectivity index (χ0) is 19.2. The van der Waals surface area contributed by atoms with Crippen molar-refractivity contribution in [1.82, 2.24) is 10.2 Å². The Kier molecular flexibility index (Phi) is 6.11. The standard InChI is InChI=1S/C25H30N2O/c1-28-25-15-10-20(11-16-25)17-24-18-23(26-27-24)14-9-19-7-12-22(13-8-19)21-5-3-2-4-6-21/h2-6,10-11,15-16,18-19,22H,7-9,12-14,17H2,1H3,(H,26,27). The number of aromatic nitrogens is 2. The Bertz CT molecular complexity index is 846. The van der Waals surface area contributed by atoms with Gasteiger partial charge in [0.25, 0.3) is 0 Å². The minimum Gasteiger partial charge on any atom is -0.497 e.